The molecule has 0 unspecified atom stereocenters. The Kier molecular flexibility index (Phi) is 5.77. The zero-order valence-corrected chi connectivity index (χ0v) is 16.5. The van der Waals surface area contributed by atoms with Gasteiger partial charge >= 0.3 is 6.18 Å². The van der Waals surface area contributed by atoms with Crippen molar-refractivity contribution in [1.82, 2.24) is 4.98 Å². The van der Waals surface area contributed by atoms with Crippen molar-refractivity contribution in [1.29, 1.82) is 0 Å². The molecule has 1 aromatic heterocycles. The third-order valence-corrected chi connectivity index (χ3v) is 5.42. The predicted molar refractivity (Wildman–Crippen MR) is 111 cm³/mol. The van der Waals surface area contributed by atoms with E-state index in [2.05, 4.69) is 22.0 Å². The lowest BCUT2D eigenvalue weighted by Gasteiger charge is -2.32. The first kappa shape index (κ1) is 20.4. The first-order valence-electron chi connectivity index (χ1n) is 10.1. The highest BCUT2D eigenvalue weighted by Crippen LogP contribution is 2.33. The lowest BCUT2D eigenvalue weighted by molar-refractivity contribution is -0.137. The van der Waals surface area contributed by atoms with Gasteiger partial charge in [0.25, 0.3) is 0 Å². The summed E-state index contributed by atoms with van der Waals surface area (Å²) in [4.78, 5) is 6.85. The number of hydrogen-bond donors (Lipinski definition) is 1. The van der Waals surface area contributed by atoms with Crippen molar-refractivity contribution in [2.45, 2.75) is 32.0 Å². The summed E-state index contributed by atoms with van der Waals surface area (Å²) < 4.78 is 38.4. The highest BCUT2D eigenvalue weighted by molar-refractivity contribution is 5.67. The molecule has 0 saturated carbocycles. The van der Waals surface area contributed by atoms with Crippen LogP contribution in [0.15, 0.2) is 60.7 Å². The maximum absolute atomic E-state index is 12.8. The van der Waals surface area contributed by atoms with Crippen LogP contribution in [0.2, 0.25) is 0 Å². The number of nitrogens with zero attached hydrogens (tertiary/aromatic N) is 2. The maximum atomic E-state index is 12.8. The smallest absolute Gasteiger partial charge is 0.396 e. The normalized spacial score (nSPS) is 13.9. The molecule has 0 fully saturated rings. The van der Waals surface area contributed by atoms with Crippen LogP contribution in [-0.2, 0) is 25.6 Å². The molecule has 1 aliphatic heterocycles. The van der Waals surface area contributed by atoms with Crippen molar-refractivity contribution in [3.05, 3.63) is 83.0 Å². The Morgan fingerprint density at radius 1 is 1.00 bits per heavy atom. The van der Waals surface area contributed by atoms with Gasteiger partial charge in [-0.3, -0.25) is 4.98 Å². The van der Waals surface area contributed by atoms with Gasteiger partial charge in [0.1, 0.15) is 0 Å². The van der Waals surface area contributed by atoms with Gasteiger partial charge in [0.05, 0.1) is 11.3 Å². The average Bonchev–Trinajstić information content (AvgIpc) is 2.74. The van der Waals surface area contributed by atoms with Crippen LogP contribution in [0, 0.1) is 0 Å². The summed E-state index contributed by atoms with van der Waals surface area (Å²) in [5.74, 6) is 0. The second kappa shape index (κ2) is 8.48. The summed E-state index contributed by atoms with van der Waals surface area (Å²) in [5, 5.41) is 9.14. The molecule has 0 radical (unpaired) electrons. The monoisotopic (exact) mass is 412 g/mol. The predicted octanol–water partition coefficient (Wildman–Crippen LogP) is 5.26. The molecule has 1 N–H and O–H groups in total. The Labute approximate surface area is 173 Å². The van der Waals surface area contributed by atoms with Gasteiger partial charge in [0.15, 0.2) is 0 Å². The second-order valence-electron chi connectivity index (χ2n) is 7.55. The summed E-state index contributed by atoms with van der Waals surface area (Å²) in [6.07, 6.45) is -1.83. The van der Waals surface area contributed by atoms with E-state index in [0.29, 0.717) is 13.0 Å². The molecule has 6 heteroatoms. The molecule has 0 atom stereocenters. The average molecular weight is 412 g/mol. The molecule has 0 bridgehead atoms. The van der Waals surface area contributed by atoms with Gasteiger partial charge in [0.2, 0.25) is 0 Å². The van der Waals surface area contributed by atoms with E-state index in [4.69, 9.17) is 5.11 Å². The molecule has 0 spiro atoms. The summed E-state index contributed by atoms with van der Waals surface area (Å²) in [5.41, 5.74) is 5.35. The number of halogens is 3. The van der Waals surface area contributed by atoms with Crippen LogP contribution >= 0.6 is 0 Å². The van der Waals surface area contributed by atoms with Crippen molar-refractivity contribution < 1.29 is 18.3 Å². The number of anilines is 1. The first-order chi connectivity index (χ1) is 14.4. The Morgan fingerprint density at radius 3 is 2.53 bits per heavy atom. The van der Waals surface area contributed by atoms with E-state index < -0.39 is 11.7 Å². The Hall–Kier alpha value is -2.86. The first-order valence-corrected chi connectivity index (χ1v) is 10.1. The van der Waals surface area contributed by atoms with Crippen LogP contribution in [-0.4, -0.2) is 23.2 Å². The molecule has 2 heterocycles. The topological polar surface area (TPSA) is 36.4 Å². The van der Waals surface area contributed by atoms with E-state index in [9.17, 15) is 13.2 Å². The molecule has 0 saturated heterocycles. The minimum atomic E-state index is -4.31. The van der Waals surface area contributed by atoms with Crippen LogP contribution in [0.4, 0.5) is 18.9 Å². The van der Waals surface area contributed by atoms with Gasteiger partial charge in [-0.05, 0) is 60.4 Å². The molecular formula is C24H23F3N2O. The van der Waals surface area contributed by atoms with Crippen LogP contribution in [0.25, 0.3) is 11.3 Å². The zero-order chi connectivity index (χ0) is 21.1. The fraction of sp³-hybridized carbons (Fsp3) is 0.292. The minimum Gasteiger partial charge on any atom is -0.396 e. The van der Waals surface area contributed by atoms with E-state index in [-0.39, 0.29) is 6.61 Å². The number of aryl methyl sites for hydroxylation is 1. The number of aliphatic hydroxyl groups is 1. The van der Waals surface area contributed by atoms with Crippen molar-refractivity contribution in [3.63, 3.8) is 0 Å². The van der Waals surface area contributed by atoms with Crippen LogP contribution < -0.4 is 4.90 Å². The molecule has 2 aromatic carbocycles. The third kappa shape index (κ3) is 4.49. The number of rotatable bonds is 5. The number of alkyl halides is 3. The van der Waals surface area contributed by atoms with Gasteiger partial charge < -0.3 is 10.0 Å². The standard InChI is InChI=1S/C24H23F3N2O/c25-24(26,27)20-9-6-17(7-10-20)16-29-13-2-3-19-15-18(8-11-23(19)29)22-5-1-4-21(28-22)12-14-30/h1,4-11,15,30H,2-3,12-14,16H2. The Balaban J connectivity index is 1.55. The third-order valence-electron chi connectivity index (χ3n) is 5.42. The van der Waals surface area contributed by atoms with Crippen molar-refractivity contribution >= 4 is 5.69 Å². The molecule has 30 heavy (non-hydrogen) atoms. The van der Waals surface area contributed by atoms with Crippen LogP contribution in [0.3, 0.4) is 0 Å². The largest absolute Gasteiger partial charge is 0.416 e. The number of hydrogen-bond acceptors (Lipinski definition) is 3. The van der Waals surface area contributed by atoms with E-state index in [1.807, 2.05) is 24.3 Å². The SMILES string of the molecule is OCCc1cccc(-c2ccc3c(c2)CCCN3Cc2ccc(C(F)(F)F)cc2)n1. The highest BCUT2D eigenvalue weighted by Gasteiger charge is 2.30. The van der Waals surface area contributed by atoms with Gasteiger partial charge in [-0.1, -0.05) is 24.3 Å². The number of benzene rings is 2. The number of fused-ring (bicyclic) bond motifs is 1. The van der Waals surface area contributed by atoms with Crippen LogP contribution in [0.5, 0.6) is 0 Å². The Bertz CT molecular complexity index is 1020. The van der Waals surface area contributed by atoms with Crippen LogP contribution in [0.1, 0.15) is 28.8 Å². The molecule has 1 aliphatic rings. The lowest BCUT2D eigenvalue weighted by atomic mass is 9.97. The number of aliphatic hydroxyl groups excluding tert-OH is 1. The second-order valence-corrected chi connectivity index (χ2v) is 7.55. The fourth-order valence-corrected chi connectivity index (χ4v) is 3.91. The molecule has 3 aromatic rings. The molecule has 4 rings (SSSR count). The van der Waals surface area contributed by atoms with Gasteiger partial charge in [0, 0.05) is 43.1 Å². The summed E-state index contributed by atoms with van der Waals surface area (Å²) in [6.45, 7) is 1.52. The van der Waals surface area contributed by atoms with Gasteiger partial charge in [-0.15, -0.1) is 0 Å². The summed E-state index contributed by atoms with van der Waals surface area (Å²) in [6, 6.07) is 17.5. The molecule has 156 valence electrons. The minimum absolute atomic E-state index is 0.0690. The summed E-state index contributed by atoms with van der Waals surface area (Å²) in [7, 11) is 0. The van der Waals surface area contributed by atoms with E-state index >= 15 is 0 Å². The lowest BCUT2D eigenvalue weighted by Crippen LogP contribution is -2.28. The van der Waals surface area contributed by atoms with E-state index in [1.54, 1.807) is 12.1 Å². The quantitative estimate of drug-likeness (QED) is 0.621. The molecule has 0 amide bonds. The Morgan fingerprint density at radius 2 is 1.80 bits per heavy atom. The summed E-state index contributed by atoms with van der Waals surface area (Å²) >= 11 is 0. The zero-order valence-electron chi connectivity index (χ0n) is 16.5. The van der Waals surface area contributed by atoms with Crippen molar-refractivity contribution in [2.24, 2.45) is 0 Å². The molecule has 0 aliphatic carbocycles. The highest BCUT2D eigenvalue weighted by atomic mass is 19.4. The number of pyridine rings is 1. The van der Waals surface area contributed by atoms with E-state index in [1.165, 1.54) is 5.56 Å². The molecular weight excluding hydrogens is 389 g/mol. The van der Waals surface area contributed by atoms with Crippen molar-refractivity contribution in [2.75, 3.05) is 18.1 Å². The van der Waals surface area contributed by atoms with Gasteiger partial charge in [-0.2, -0.15) is 13.2 Å². The fourth-order valence-electron chi connectivity index (χ4n) is 3.91. The van der Waals surface area contributed by atoms with Crippen molar-refractivity contribution in [3.8, 4) is 11.3 Å². The number of aromatic nitrogens is 1. The maximum Gasteiger partial charge on any atom is 0.416 e. The van der Waals surface area contributed by atoms with E-state index in [0.717, 1.165) is 59.7 Å². The molecule has 3 nitrogen and oxygen atoms in total. The van der Waals surface area contributed by atoms with Gasteiger partial charge in [-0.25, -0.2) is 0 Å².